The Morgan fingerprint density at radius 3 is 2.50 bits per heavy atom. The highest BCUT2D eigenvalue weighted by atomic mass is 32.2. The molecule has 4 atom stereocenters. The van der Waals surface area contributed by atoms with Crippen LogP contribution >= 0.6 is 0 Å². The summed E-state index contributed by atoms with van der Waals surface area (Å²) in [5.74, 6) is 2.46. The van der Waals surface area contributed by atoms with Crippen LogP contribution in [-0.2, 0) is 14.6 Å². The summed E-state index contributed by atoms with van der Waals surface area (Å²) >= 11 is 0. The Balaban J connectivity index is 1.85. The van der Waals surface area contributed by atoms with Crippen molar-refractivity contribution in [2.24, 2.45) is 17.8 Å². The van der Waals surface area contributed by atoms with Crippen LogP contribution in [0.4, 0.5) is 0 Å². The van der Waals surface area contributed by atoms with Crippen LogP contribution in [0.15, 0.2) is 0 Å². The van der Waals surface area contributed by atoms with Crippen LogP contribution in [0.1, 0.15) is 46.0 Å². The van der Waals surface area contributed by atoms with Gasteiger partial charge in [-0.05, 0) is 43.9 Å². The fourth-order valence-electron chi connectivity index (χ4n) is 3.84. The summed E-state index contributed by atoms with van der Waals surface area (Å²) in [4.78, 5) is 14.0. The van der Waals surface area contributed by atoms with Crippen LogP contribution in [0.3, 0.4) is 0 Å². The maximum Gasteiger partial charge on any atom is 0.222 e. The molecular formula is C15H27NO3S. The number of amides is 1. The molecule has 116 valence electrons. The fraction of sp³-hybridized carbons (Fsp3) is 0.933. The Bertz CT molecular complexity index is 460. The molecule has 2 aliphatic carbocycles. The molecule has 0 aromatic heterocycles. The van der Waals surface area contributed by atoms with Gasteiger partial charge in [-0.25, -0.2) is 8.42 Å². The minimum Gasteiger partial charge on any atom is -0.342 e. The molecule has 0 aromatic carbocycles. The van der Waals surface area contributed by atoms with Gasteiger partial charge in [0.25, 0.3) is 0 Å². The van der Waals surface area contributed by atoms with E-state index in [1.54, 1.807) is 18.9 Å². The van der Waals surface area contributed by atoms with Crippen LogP contribution in [0.5, 0.6) is 0 Å². The molecule has 2 bridgehead atoms. The van der Waals surface area contributed by atoms with Crippen molar-refractivity contribution in [3.8, 4) is 0 Å². The number of sulfone groups is 1. The Morgan fingerprint density at radius 1 is 1.30 bits per heavy atom. The Morgan fingerprint density at radius 2 is 2.00 bits per heavy atom. The molecule has 0 saturated heterocycles. The molecule has 2 rings (SSSR count). The van der Waals surface area contributed by atoms with E-state index in [-0.39, 0.29) is 23.5 Å². The molecule has 2 fully saturated rings. The Hall–Kier alpha value is -0.580. The fourth-order valence-corrected chi connectivity index (χ4v) is 5.03. The average Bonchev–Trinajstić information content (AvgIpc) is 2.99. The maximum absolute atomic E-state index is 12.3. The van der Waals surface area contributed by atoms with Crippen molar-refractivity contribution < 1.29 is 13.2 Å². The third-order valence-electron chi connectivity index (χ3n) is 5.31. The zero-order valence-corrected chi connectivity index (χ0v) is 13.7. The van der Waals surface area contributed by atoms with Crippen molar-refractivity contribution in [2.75, 3.05) is 18.6 Å². The van der Waals surface area contributed by atoms with E-state index in [0.29, 0.717) is 12.3 Å². The lowest BCUT2D eigenvalue weighted by atomic mass is 9.86. The number of carbonyl (C=O) groups excluding carboxylic acids is 1. The monoisotopic (exact) mass is 301 g/mol. The maximum atomic E-state index is 12.3. The first-order valence-electron chi connectivity index (χ1n) is 7.78. The highest BCUT2D eigenvalue weighted by Gasteiger charge is 2.40. The van der Waals surface area contributed by atoms with Crippen molar-refractivity contribution in [3.63, 3.8) is 0 Å². The molecule has 4 nitrogen and oxygen atoms in total. The van der Waals surface area contributed by atoms with Gasteiger partial charge in [-0.3, -0.25) is 4.79 Å². The number of hydrogen-bond donors (Lipinski definition) is 0. The molecule has 0 N–H and O–H groups in total. The summed E-state index contributed by atoms with van der Waals surface area (Å²) in [7, 11) is -1.29. The largest absolute Gasteiger partial charge is 0.342 e. The number of nitrogens with zero attached hydrogens (tertiary/aromatic N) is 1. The molecular weight excluding hydrogens is 274 g/mol. The number of fused-ring (bicyclic) bond motifs is 2. The van der Waals surface area contributed by atoms with Gasteiger partial charge in [-0.1, -0.05) is 13.3 Å². The number of rotatable bonds is 6. The third-order valence-corrected chi connectivity index (χ3v) is 7.18. The summed E-state index contributed by atoms with van der Waals surface area (Å²) in [6.45, 7) is 3.48. The number of carbonyl (C=O) groups is 1. The predicted molar refractivity (Wildman–Crippen MR) is 80.1 cm³/mol. The second-order valence-electron chi connectivity index (χ2n) is 6.69. The lowest BCUT2D eigenvalue weighted by Crippen LogP contribution is -2.40. The van der Waals surface area contributed by atoms with Gasteiger partial charge in [0.1, 0.15) is 0 Å². The molecule has 0 radical (unpaired) electrons. The third kappa shape index (κ3) is 3.54. The van der Waals surface area contributed by atoms with Gasteiger partial charge in [0, 0.05) is 25.3 Å². The minimum absolute atomic E-state index is 0.0719. The Kier molecular flexibility index (Phi) is 4.77. The van der Waals surface area contributed by atoms with Gasteiger partial charge >= 0.3 is 0 Å². The summed E-state index contributed by atoms with van der Waals surface area (Å²) in [6, 6.07) is -0.231. The van der Waals surface area contributed by atoms with Crippen molar-refractivity contribution in [1.29, 1.82) is 0 Å². The molecule has 0 aromatic rings. The first-order chi connectivity index (χ1) is 9.32. The number of hydrogen-bond acceptors (Lipinski definition) is 3. The lowest BCUT2D eigenvalue weighted by molar-refractivity contribution is -0.132. The summed E-state index contributed by atoms with van der Waals surface area (Å²) in [5.41, 5.74) is 0. The van der Waals surface area contributed by atoms with E-state index in [4.69, 9.17) is 0 Å². The van der Waals surface area contributed by atoms with E-state index in [0.717, 1.165) is 11.8 Å². The Labute approximate surface area is 122 Å². The van der Waals surface area contributed by atoms with Gasteiger partial charge in [0.2, 0.25) is 5.91 Å². The molecule has 0 spiro atoms. The van der Waals surface area contributed by atoms with Gasteiger partial charge in [0.15, 0.2) is 9.84 Å². The highest BCUT2D eigenvalue weighted by molar-refractivity contribution is 7.91. The van der Waals surface area contributed by atoms with Crippen LogP contribution in [0.2, 0.25) is 0 Å². The molecule has 5 heteroatoms. The zero-order valence-electron chi connectivity index (χ0n) is 12.8. The molecule has 0 aliphatic heterocycles. The van der Waals surface area contributed by atoms with E-state index in [9.17, 15) is 13.2 Å². The first kappa shape index (κ1) is 15.8. The molecule has 20 heavy (non-hydrogen) atoms. The molecule has 2 saturated carbocycles. The highest BCUT2D eigenvalue weighted by Crippen LogP contribution is 2.49. The van der Waals surface area contributed by atoms with Gasteiger partial charge in [0.05, 0.1) is 5.75 Å². The zero-order chi connectivity index (χ0) is 14.9. The van der Waals surface area contributed by atoms with Gasteiger partial charge in [-0.15, -0.1) is 0 Å². The van der Waals surface area contributed by atoms with E-state index >= 15 is 0 Å². The van der Waals surface area contributed by atoms with Crippen LogP contribution < -0.4 is 0 Å². The normalized spacial score (nSPS) is 30.4. The lowest BCUT2D eigenvalue weighted by Gasteiger charge is -2.28. The van der Waals surface area contributed by atoms with Crippen molar-refractivity contribution in [1.82, 2.24) is 4.90 Å². The first-order valence-corrected chi connectivity index (χ1v) is 9.60. The van der Waals surface area contributed by atoms with E-state index in [1.165, 1.54) is 25.7 Å². The van der Waals surface area contributed by atoms with Crippen LogP contribution in [-0.4, -0.2) is 43.8 Å². The standard InChI is InChI=1S/C15H27NO3S/c1-4-20(18,19)10-11(2)16(3)15(17)9-14-8-12-5-6-13(14)7-12/h11-14H,4-10H2,1-3H3/t11-,12+,13+,14-/m1/s1. The molecule has 0 unspecified atom stereocenters. The topological polar surface area (TPSA) is 54.5 Å². The SMILES string of the molecule is CCS(=O)(=O)C[C@@H](C)N(C)C(=O)C[C@H]1C[C@H]2CC[C@H]1C2. The summed E-state index contributed by atoms with van der Waals surface area (Å²) < 4.78 is 23.3. The summed E-state index contributed by atoms with van der Waals surface area (Å²) in [5, 5.41) is 0. The minimum atomic E-state index is -3.03. The van der Waals surface area contributed by atoms with E-state index in [2.05, 4.69) is 0 Å². The molecule has 1 amide bonds. The van der Waals surface area contributed by atoms with Gasteiger partial charge < -0.3 is 4.90 Å². The van der Waals surface area contributed by atoms with Crippen molar-refractivity contribution in [2.45, 2.75) is 52.0 Å². The second kappa shape index (κ2) is 6.04. The quantitative estimate of drug-likeness (QED) is 0.755. The van der Waals surface area contributed by atoms with Gasteiger partial charge in [-0.2, -0.15) is 0 Å². The van der Waals surface area contributed by atoms with E-state index < -0.39 is 9.84 Å². The second-order valence-corrected chi connectivity index (χ2v) is 9.09. The van der Waals surface area contributed by atoms with Crippen molar-refractivity contribution >= 4 is 15.7 Å². The van der Waals surface area contributed by atoms with Crippen LogP contribution in [0, 0.1) is 17.8 Å². The van der Waals surface area contributed by atoms with Crippen molar-refractivity contribution in [3.05, 3.63) is 0 Å². The average molecular weight is 301 g/mol. The predicted octanol–water partition coefficient (Wildman–Crippen LogP) is 2.09. The van der Waals surface area contributed by atoms with E-state index in [1.807, 2.05) is 6.92 Å². The van der Waals surface area contributed by atoms with Crippen LogP contribution in [0.25, 0.3) is 0 Å². The molecule has 0 heterocycles. The molecule has 2 aliphatic rings. The smallest absolute Gasteiger partial charge is 0.222 e. The summed E-state index contributed by atoms with van der Waals surface area (Å²) in [6.07, 6.45) is 5.74.